The van der Waals surface area contributed by atoms with Gasteiger partial charge in [0, 0.05) is 25.9 Å². The van der Waals surface area contributed by atoms with Gasteiger partial charge in [-0.25, -0.2) is 14.8 Å². The molecule has 1 amide bonds. The molecule has 8 heteroatoms. The molecular formula is C16H20N6O2. The number of aromatic nitrogens is 2. The van der Waals surface area contributed by atoms with Crippen molar-refractivity contribution in [1.29, 1.82) is 0 Å². The highest BCUT2D eigenvalue weighted by Gasteiger charge is 2.42. The van der Waals surface area contributed by atoms with E-state index in [4.69, 9.17) is 15.5 Å². The Bertz CT molecular complexity index is 819. The van der Waals surface area contributed by atoms with Crippen molar-refractivity contribution in [3.8, 4) is 0 Å². The molecule has 2 aliphatic rings. The molecule has 24 heavy (non-hydrogen) atoms. The second-order valence-corrected chi connectivity index (χ2v) is 6.05. The number of guanidine groups is 1. The van der Waals surface area contributed by atoms with Gasteiger partial charge in [0.15, 0.2) is 5.96 Å². The number of para-hydroxylation sites is 2. The number of piperidine rings is 1. The number of imidazole rings is 1. The normalized spacial score (nSPS) is 18.9. The molecule has 1 spiro atoms. The number of carbonyl (C=O) groups is 1. The van der Waals surface area contributed by atoms with Crippen LogP contribution in [0.4, 0.5) is 10.7 Å². The molecule has 0 radical (unpaired) electrons. The number of rotatable bonds is 1. The molecule has 1 fully saturated rings. The highest BCUT2D eigenvalue weighted by molar-refractivity contribution is 5.94. The second-order valence-electron chi connectivity index (χ2n) is 6.05. The SMILES string of the molecule is CCOC(=O)N1CCC2(CC1)N=C(N)Nc1nc3ccccc3n12. The third-order valence-electron chi connectivity index (χ3n) is 4.64. The number of nitrogens with zero attached hydrogens (tertiary/aromatic N) is 4. The summed E-state index contributed by atoms with van der Waals surface area (Å²) in [5.41, 5.74) is 7.40. The summed E-state index contributed by atoms with van der Waals surface area (Å²) in [6.07, 6.45) is 1.07. The molecule has 1 aromatic heterocycles. The Balaban J connectivity index is 1.71. The van der Waals surface area contributed by atoms with Crippen LogP contribution < -0.4 is 11.1 Å². The quantitative estimate of drug-likeness (QED) is 0.830. The molecule has 126 valence electrons. The summed E-state index contributed by atoms with van der Waals surface area (Å²) in [6.45, 7) is 3.33. The van der Waals surface area contributed by atoms with E-state index in [2.05, 4.69) is 14.9 Å². The Morgan fingerprint density at radius 1 is 1.38 bits per heavy atom. The van der Waals surface area contributed by atoms with Crippen LogP contribution in [0.15, 0.2) is 29.3 Å². The average molecular weight is 328 g/mol. The Labute approximate surface area is 139 Å². The summed E-state index contributed by atoms with van der Waals surface area (Å²) in [5.74, 6) is 1.07. The fourth-order valence-corrected chi connectivity index (χ4v) is 3.55. The molecular weight excluding hydrogens is 308 g/mol. The molecule has 0 unspecified atom stereocenters. The van der Waals surface area contributed by atoms with E-state index in [0.717, 1.165) is 11.0 Å². The van der Waals surface area contributed by atoms with E-state index in [0.29, 0.717) is 44.4 Å². The number of ether oxygens (including phenoxy) is 1. The lowest BCUT2D eigenvalue weighted by atomic mass is 9.96. The van der Waals surface area contributed by atoms with Crippen molar-refractivity contribution in [2.45, 2.75) is 25.4 Å². The van der Waals surface area contributed by atoms with Crippen LogP contribution in [0.2, 0.25) is 0 Å². The van der Waals surface area contributed by atoms with Crippen LogP contribution in [0.5, 0.6) is 0 Å². The first-order valence-electron chi connectivity index (χ1n) is 8.15. The number of fused-ring (bicyclic) bond motifs is 4. The summed E-state index contributed by atoms with van der Waals surface area (Å²) in [5, 5.41) is 3.05. The number of carbonyl (C=O) groups excluding carboxylic acids is 1. The Morgan fingerprint density at radius 2 is 2.12 bits per heavy atom. The van der Waals surface area contributed by atoms with Crippen LogP contribution in [0.3, 0.4) is 0 Å². The molecule has 0 bridgehead atoms. The molecule has 3 heterocycles. The van der Waals surface area contributed by atoms with Crippen molar-refractivity contribution in [2.24, 2.45) is 10.7 Å². The number of likely N-dealkylation sites (tertiary alicyclic amines) is 1. The maximum Gasteiger partial charge on any atom is 0.409 e. The van der Waals surface area contributed by atoms with Gasteiger partial charge >= 0.3 is 6.09 Å². The summed E-state index contributed by atoms with van der Waals surface area (Å²) < 4.78 is 7.21. The second kappa shape index (κ2) is 5.40. The van der Waals surface area contributed by atoms with Gasteiger partial charge in [-0.05, 0) is 19.1 Å². The fourth-order valence-electron chi connectivity index (χ4n) is 3.55. The van der Waals surface area contributed by atoms with Crippen LogP contribution in [0.25, 0.3) is 11.0 Å². The maximum atomic E-state index is 12.0. The van der Waals surface area contributed by atoms with Gasteiger partial charge in [-0.3, -0.25) is 9.88 Å². The van der Waals surface area contributed by atoms with E-state index in [1.807, 2.05) is 31.2 Å². The topological polar surface area (TPSA) is 97.8 Å². The molecule has 2 aromatic rings. The molecule has 1 aromatic carbocycles. The minimum Gasteiger partial charge on any atom is -0.450 e. The lowest BCUT2D eigenvalue weighted by Crippen LogP contribution is -2.50. The van der Waals surface area contributed by atoms with Gasteiger partial charge in [0.25, 0.3) is 0 Å². The molecule has 4 rings (SSSR count). The molecule has 0 aliphatic carbocycles. The van der Waals surface area contributed by atoms with Crippen molar-refractivity contribution in [3.05, 3.63) is 24.3 Å². The minimum absolute atomic E-state index is 0.269. The summed E-state index contributed by atoms with van der Waals surface area (Å²) >= 11 is 0. The van der Waals surface area contributed by atoms with Gasteiger partial charge in [-0.15, -0.1) is 0 Å². The lowest BCUT2D eigenvalue weighted by Gasteiger charge is -2.42. The third kappa shape index (κ3) is 2.17. The molecule has 2 aliphatic heterocycles. The average Bonchev–Trinajstić information content (AvgIpc) is 2.94. The first-order valence-corrected chi connectivity index (χ1v) is 8.15. The Hall–Kier alpha value is -2.77. The van der Waals surface area contributed by atoms with Crippen molar-refractivity contribution < 1.29 is 9.53 Å². The monoisotopic (exact) mass is 328 g/mol. The first-order chi connectivity index (χ1) is 11.6. The van der Waals surface area contributed by atoms with E-state index < -0.39 is 5.66 Å². The largest absolute Gasteiger partial charge is 0.450 e. The van der Waals surface area contributed by atoms with Gasteiger partial charge < -0.3 is 15.4 Å². The van der Waals surface area contributed by atoms with Gasteiger partial charge in [-0.2, -0.15) is 0 Å². The fraction of sp³-hybridized carbons (Fsp3) is 0.438. The van der Waals surface area contributed by atoms with Crippen LogP contribution in [0, 0.1) is 0 Å². The van der Waals surface area contributed by atoms with Gasteiger partial charge in [0.1, 0.15) is 5.66 Å². The molecule has 0 atom stereocenters. The Morgan fingerprint density at radius 3 is 2.88 bits per heavy atom. The van der Waals surface area contributed by atoms with E-state index >= 15 is 0 Å². The molecule has 0 saturated carbocycles. The van der Waals surface area contributed by atoms with E-state index in [1.54, 1.807) is 4.90 Å². The highest BCUT2D eigenvalue weighted by atomic mass is 16.6. The number of amides is 1. The Kier molecular flexibility index (Phi) is 3.33. The summed E-state index contributed by atoms with van der Waals surface area (Å²) in [6, 6.07) is 7.95. The number of aliphatic imine (C=N–C) groups is 1. The molecule has 1 saturated heterocycles. The zero-order valence-electron chi connectivity index (χ0n) is 13.5. The van der Waals surface area contributed by atoms with Crippen LogP contribution >= 0.6 is 0 Å². The lowest BCUT2D eigenvalue weighted by molar-refractivity contribution is 0.0746. The van der Waals surface area contributed by atoms with Crippen LogP contribution in [-0.4, -0.2) is 46.2 Å². The van der Waals surface area contributed by atoms with Crippen molar-refractivity contribution in [3.63, 3.8) is 0 Å². The van der Waals surface area contributed by atoms with Gasteiger partial charge in [0.05, 0.1) is 17.6 Å². The zero-order valence-corrected chi connectivity index (χ0v) is 13.5. The van der Waals surface area contributed by atoms with E-state index in [9.17, 15) is 4.79 Å². The third-order valence-corrected chi connectivity index (χ3v) is 4.64. The van der Waals surface area contributed by atoms with Crippen molar-refractivity contribution in [2.75, 3.05) is 25.0 Å². The number of hydrogen-bond donors (Lipinski definition) is 2. The molecule has 8 nitrogen and oxygen atoms in total. The number of anilines is 1. The standard InChI is InChI=1S/C16H20N6O2/c1-2-24-15(23)21-9-7-16(8-10-21)20-13(17)19-14-18-11-5-3-4-6-12(11)22(14)16/h3-6H,2,7-10H2,1H3,(H3,17,18,19,20). The number of nitrogens with two attached hydrogens (primary N) is 1. The van der Waals surface area contributed by atoms with Crippen molar-refractivity contribution in [1.82, 2.24) is 14.5 Å². The summed E-state index contributed by atoms with van der Waals surface area (Å²) in [7, 11) is 0. The zero-order chi connectivity index (χ0) is 16.7. The van der Waals surface area contributed by atoms with Crippen LogP contribution in [0.1, 0.15) is 19.8 Å². The van der Waals surface area contributed by atoms with Gasteiger partial charge in [0.2, 0.25) is 5.95 Å². The molecule has 3 N–H and O–H groups in total. The minimum atomic E-state index is -0.510. The summed E-state index contributed by atoms with van der Waals surface area (Å²) in [4.78, 5) is 23.0. The van der Waals surface area contributed by atoms with Crippen molar-refractivity contribution >= 4 is 29.0 Å². The van der Waals surface area contributed by atoms with E-state index in [-0.39, 0.29) is 6.09 Å². The predicted octanol–water partition coefficient (Wildman–Crippen LogP) is 1.68. The number of nitrogens with one attached hydrogen (secondary N) is 1. The predicted molar refractivity (Wildman–Crippen MR) is 90.8 cm³/mol. The smallest absolute Gasteiger partial charge is 0.409 e. The number of hydrogen-bond acceptors (Lipinski definition) is 6. The first kappa shape index (κ1) is 14.8. The highest BCUT2D eigenvalue weighted by Crippen LogP contribution is 2.39. The number of benzene rings is 1. The van der Waals surface area contributed by atoms with Crippen LogP contribution in [-0.2, 0) is 10.4 Å². The maximum absolute atomic E-state index is 12.0. The van der Waals surface area contributed by atoms with E-state index in [1.165, 1.54) is 0 Å². The van der Waals surface area contributed by atoms with Gasteiger partial charge in [-0.1, -0.05) is 12.1 Å².